The monoisotopic (exact) mass is 293 g/mol. The van der Waals surface area contributed by atoms with Crippen LogP contribution in [0.25, 0.3) is 0 Å². The minimum atomic E-state index is -0.861. The van der Waals surface area contributed by atoms with E-state index in [0.717, 1.165) is 24.1 Å². The number of hydrogen-bond donors (Lipinski definition) is 2. The lowest BCUT2D eigenvalue weighted by Crippen LogP contribution is -2.40. The number of aromatic nitrogens is 2. The first-order valence-electron chi connectivity index (χ1n) is 7.43. The molecule has 116 valence electrons. The Morgan fingerprint density at radius 3 is 2.52 bits per heavy atom. The third-order valence-electron chi connectivity index (χ3n) is 4.30. The molecule has 0 bridgehead atoms. The number of carboxylic acid groups (broad SMARTS) is 1. The number of amides is 1. The Morgan fingerprint density at radius 2 is 2.00 bits per heavy atom. The van der Waals surface area contributed by atoms with Crippen molar-refractivity contribution in [2.75, 3.05) is 0 Å². The average Bonchev–Trinajstić information content (AvgIpc) is 2.77. The van der Waals surface area contributed by atoms with E-state index in [-0.39, 0.29) is 11.9 Å². The maximum Gasteiger partial charge on any atom is 0.307 e. The molecule has 1 amide bonds. The van der Waals surface area contributed by atoms with Crippen LogP contribution in [0, 0.1) is 18.8 Å². The second-order valence-corrected chi connectivity index (χ2v) is 5.91. The molecule has 0 unspecified atom stereocenters. The van der Waals surface area contributed by atoms with E-state index in [4.69, 9.17) is 0 Å². The van der Waals surface area contributed by atoms with Crippen LogP contribution in [0.4, 0.5) is 0 Å². The van der Waals surface area contributed by atoms with E-state index in [1.165, 1.54) is 0 Å². The first-order chi connectivity index (χ1) is 9.90. The van der Waals surface area contributed by atoms with E-state index >= 15 is 0 Å². The minimum absolute atomic E-state index is 0.155. The van der Waals surface area contributed by atoms with Gasteiger partial charge in [-0.2, -0.15) is 5.10 Å². The Morgan fingerprint density at radius 1 is 1.38 bits per heavy atom. The standard InChI is InChI=1S/C15H23N3O3/c1-9(13-8-18(3)17-10(13)2)16-14(19)11-6-4-5-7-12(11)15(20)21/h8-9,11-12H,4-7H2,1-3H3,(H,16,19)(H,20,21)/t9-,11+,12+/m0/s1. The fourth-order valence-electron chi connectivity index (χ4n) is 3.18. The van der Waals surface area contributed by atoms with E-state index in [9.17, 15) is 14.7 Å². The SMILES string of the molecule is Cc1nn(C)cc1[C@H](C)NC(=O)[C@@H]1CCCC[C@H]1C(=O)O. The second-order valence-electron chi connectivity index (χ2n) is 5.91. The first kappa shape index (κ1) is 15.5. The molecule has 0 radical (unpaired) electrons. The van der Waals surface area contributed by atoms with Gasteiger partial charge in [0.25, 0.3) is 0 Å². The molecule has 6 heteroatoms. The minimum Gasteiger partial charge on any atom is -0.481 e. The Kier molecular flexibility index (Phi) is 4.65. The molecule has 0 saturated heterocycles. The highest BCUT2D eigenvalue weighted by atomic mass is 16.4. The zero-order chi connectivity index (χ0) is 15.6. The molecule has 1 saturated carbocycles. The van der Waals surface area contributed by atoms with Gasteiger partial charge in [0.2, 0.25) is 5.91 Å². The van der Waals surface area contributed by atoms with Crippen LogP contribution in [0.15, 0.2) is 6.20 Å². The van der Waals surface area contributed by atoms with Gasteiger partial charge in [-0.15, -0.1) is 0 Å². The van der Waals surface area contributed by atoms with Crippen LogP contribution in [0.2, 0.25) is 0 Å². The lowest BCUT2D eigenvalue weighted by atomic mass is 9.78. The van der Waals surface area contributed by atoms with Gasteiger partial charge in [0.05, 0.1) is 23.6 Å². The van der Waals surface area contributed by atoms with Gasteiger partial charge in [-0.25, -0.2) is 0 Å². The van der Waals surface area contributed by atoms with Crippen molar-refractivity contribution in [3.63, 3.8) is 0 Å². The molecule has 21 heavy (non-hydrogen) atoms. The number of carbonyl (C=O) groups excluding carboxylic acids is 1. The highest BCUT2D eigenvalue weighted by molar-refractivity contribution is 5.85. The maximum absolute atomic E-state index is 12.4. The van der Waals surface area contributed by atoms with Crippen molar-refractivity contribution in [2.45, 2.75) is 45.6 Å². The van der Waals surface area contributed by atoms with Crippen LogP contribution >= 0.6 is 0 Å². The molecule has 1 heterocycles. The molecule has 1 aliphatic rings. The zero-order valence-electron chi connectivity index (χ0n) is 12.8. The Bertz CT molecular complexity index is 538. The number of carbonyl (C=O) groups is 2. The van der Waals surface area contributed by atoms with E-state index in [2.05, 4.69) is 10.4 Å². The predicted octanol–water partition coefficient (Wildman–Crippen LogP) is 1.80. The smallest absolute Gasteiger partial charge is 0.307 e. The molecule has 3 atom stereocenters. The highest BCUT2D eigenvalue weighted by Crippen LogP contribution is 2.31. The van der Waals surface area contributed by atoms with Crippen molar-refractivity contribution in [3.05, 3.63) is 17.5 Å². The molecule has 2 N–H and O–H groups in total. The highest BCUT2D eigenvalue weighted by Gasteiger charge is 2.36. The molecule has 0 aliphatic heterocycles. The van der Waals surface area contributed by atoms with Crippen molar-refractivity contribution >= 4 is 11.9 Å². The van der Waals surface area contributed by atoms with Crippen molar-refractivity contribution in [2.24, 2.45) is 18.9 Å². The molecule has 2 rings (SSSR count). The Labute approximate surface area is 124 Å². The lowest BCUT2D eigenvalue weighted by Gasteiger charge is -2.28. The summed E-state index contributed by atoms with van der Waals surface area (Å²) in [7, 11) is 1.84. The Hall–Kier alpha value is -1.85. The third kappa shape index (κ3) is 3.43. The summed E-state index contributed by atoms with van der Waals surface area (Å²) in [5.41, 5.74) is 1.84. The van der Waals surface area contributed by atoms with Crippen LogP contribution in [0.3, 0.4) is 0 Å². The fraction of sp³-hybridized carbons (Fsp3) is 0.667. The molecular weight excluding hydrogens is 270 g/mol. The summed E-state index contributed by atoms with van der Waals surface area (Å²) in [4.78, 5) is 23.7. The third-order valence-corrected chi connectivity index (χ3v) is 4.30. The summed E-state index contributed by atoms with van der Waals surface area (Å²) in [6.07, 6.45) is 4.94. The van der Waals surface area contributed by atoms with Crippen LogP contribution in [-0.2, 0) is 16.6 Å². The normalized spacial score (nSPS) is 23.6. The summed E-state index contributed by atoms with van der Waals surface area (Å²) >= 11 is 0. The fourth-order valence-corrected chi connectivity index (χ4v) is 3.18. The number of carboxylic acids is 1. The summed E-state index contributed by atoms with van der Waals surface area (Å²) < 4.78 is 1.72. The first-order valence-corrected chi connectivity index (χ1v) is 7.43. The summed E-state index contributed by atoms with van der Waals surface area (Å²) in [5, 5.41) is 16.5. The number of aliphatic carboxylic acids is 1. The van der Waals surface area contributed by atoms with Crippen molar-refractivity contribution in [1.29, 1.82) is 0 Å². The van der Waals surface area contributed by atoms with Gasteiger partial charge in [0.15, 0.2) is 0 Å². The van der Waals surface area contributed by atoms with Crippen LogP contribution in [0.5, 0.6) is 0 Å². The summed E-state index contributed by atoms with van der Waals surface area (Å²) in [6, 6.07) is -0.164. The molecular formula is C15H23N3O3. The Balaban J connectivity index is 2.06. The van der Waals surface area contributed by atoms with Gasteiger partial charge in [-0.3, -0.25) is 14.3 Å². The molecule has 6 nitrogen and oxygen atoms in total. The second kappa shape index (κ2) is 6.28. The number of rotatable bonds is 4. The van der Waals surface area contributed by atoms with Crippen molar-refractivity contribution < 1.29 is 14.7 Å². The number of hydrogen-bond acceptors (Lipinski definition) is 3. The number of nitrogens with zero attached hydrogens (tertiary/aromatic N) is 2. The maximum atomic E-state index is 12.4. The van der Waals surface area contributed by atoms with E-state index < -0.39 is 17.8 Å². The quantitative estimate of drug-likeness (QED) is 0.886. The number of aryl methyl sites for hydroxylation is 2. The molecule has 1 aliphatic carbocycles. The van der Waals surface area contributed by atoms with Crippen LogP contribution in [0.1, 0.15) is 49.9 Å². The molecule has 1 aromatic heterocycles. The average molecular weight is 293 g/mol. The summed E-state index contributed by atoms with van der Waals surface area (Å²) in [5.74, 6) is -1.99. The number of nitrogens with one attached hydrogen (secondary N) is 1. The van der Waals surface area contributed by atoms with Gasteiger partial charge in [0.1, 0.15) is 0 Å². The molecule has 0 spiro atoms. The van der Waals surface area contributed by atoms with Crippen LogP contribution < -0.4 is 5.32 Å². The van der Waals surface area contributed by atoms with E-state index in [0.29, 0.717) is 12.8 Å². The van der Waals surface area contributed by atoms with E-state index in [1.807, 2.05) is 27.1 Å². The molecule has 1 aromatic rings. The van der Waals surface area contributed by atoms with Gasteiger partial charge >= 0.3 is 5.97 Å². The van der Waals surface area contributed by atoms with Crippen LogP contribution in [-0.4, -0.2) is 26.8 Å². The van der Waals surface area contributed by atoms with E-state index in [1.54, 1.807) is 4.68 Å². The topological polar surface area (TPSA) is 84.2 Å². The lowest BCUT2D eigenvalue weighted by molar-refractivity contribution is -0.149. The van der Waals surface area contributed by atoms with Gasteiger partial charge in [-0.1, -0.05) is 12.8 Å². The van der Waals surface area contributed by atoms with Gasteiger partial charge in [-0.05, 0) is 26.7 Å². The zero-order valence-corrected chi connectivity index (χ0v) is 12.8. The largest absolute Gasteiger partial charge is 0.481 e. The summed E-state index contributed by atoms with van der Waals surface area (Å²) in [6.45, 7) is 3.80. The van der Waals surface area contributed by atoms with Crippen molar-refractivity contribution in [3.8, 4) is 0 Å². The molecule has 1 fully saturated rings. The van der Waals surface area contributed by atoms with Gasteiger partial charge < -0.3 is 10.4 Å². The van der Waals surface area contributed by atoms with Gasteiger partial charge in [0, 0.05) is 18.8 Å². The predicted molar refractivity (Wildman–Crippen MR) is 77.6 cm³/mol. The van der Waals surface area contributed by atoms with Crippen molar-refractivity contribution in [1.82, 2.24) is 15.1 Å². The molecule has 0 aromatic carbocycles.